The highest BCUT2D eigenvalue weighted by molar-refractivity contribution is 6.31. The van der Waals surface area contributed by atoms with Crippen LogP contribution in [0.1, 0.15) is 44.9 Å². The van der Waals surface area contributed by atoms with E-state index < -0.39 is 35.5 Å². The molecule has 3 atom stereocenters. The summed E-state index contributed by atoms with van der Waals surface area (Å²) in [6.07, 6.45) is 0.656. The van der Waals surface area contributed by atoms with Crippen LogP contribution in [0.15, 0.2) is 30.9 Å². The van der Waals surface area contributed by atoms with Gasteiger partial charge in [-0.15, -0.1) is 0 Å². The van der Waals surface area contributed by atoms with Crippen molar-refractivity contribution in [1.29, 1.82) is 0 Å². The summed E-state index contributed by atoms with van der Waals surface area (Å²) in [7, 11) is 0. The van der Waals surface area contributed by atoms with E-state index in [9.17, 15) is 14.4 Å². The van der Waals surface area contributed by atoms with Crippen molar-refractivity contribution in [3.8, 4) is 0 Å². The number of ketones is 1. The Hall–Kier alpha value is -2.34. The highest BCUT2D eigenvalue weighted by atomic mass is 35.5. The van der Waals surface area contributed by atoms with Gasteiger partial charge in [0.25, 0.3) is 0 Å². The number of hydrogen-bond donors (Lipinski definition) is 0. The zero-order valence-corrected chi connectivity index (χ0v) is 18.3. The largest absolute Gasteiger partial charge is 0.464 e. The Morgan fingerprint density at radius 2 is 1.93 bits per heavy atom. The Labute approximate surface area is 176 Å². The average Bonchev–Trinajstić information content (AvgIpc) is 2.95. The maximum Gasteiger partial charge on any atom is 0.411 e. The highest BCUT2D eigenvalue weighted by Gasteiger charge is 2.59. The molecular formula is C22H28ClNO5. The first-order valence-corrected chi connectivity index (χ1v) is 9.95. The quantitative estimate of drug-likeness (QED) is 0.517. The number of Topliss-reactive ketones (excluding diaryl/α,β-unsaturated/α-hetero) is 1. The van der Waals surface area contributed by atoms with Crippen molar-refractivity contribution in [1.82, 2.24) is 4.90 Å². The van der Waals surface area contributed by atoms with E-state index in [0.717, 1.165) is 0 Å². The van der Waals surface area contributed by atoms with E-state index in [2.05, 4.69) is 6.58 Å². The van der Waals surface area contributed by atoms with Crippen LogP contribution in [-0.4, -0.2) is 42.0 Å². The van der Waals surface area contributed by atoms with Gasteiger partial charge in [0.05, 0.1) is 12.5 Å². The second kappa shape index (κ2) is 8.99. The minimum atomic E-state index is -1.09. The number of esters is 1. The zero-order chi connectivity index (χ0) is 21.9. The summed E-state index contributed by atoms with van der Waals surface area (Å²) in [5, 5.41) is 0.474. The van der Waals surface area contributed by atoms with Gasteiger partial charge in [0.1, 0.15) is 18.7 Å². The van der Waals surface area contributed by atoms with Crippen molar-refractivity contribution < 1.29 is 23.9 Å². The Morgan fingerprint density at radius 3 is 2.48 bits per heavy atom. The average molecular weight is 422 g/mol. The summed E-state index contributed by atoms with van der Waals surface area (Å²) in [6.45, 7) is 12.7. The summed E-state index contributed by atoms with van der Waals surface area (Å²) in [6, 6.07) is 3.08. The summed E-state index contributed by atoms with van der Waals surface area (Å²) < 4.78 is 10.5. The van der Waals surface area contributed by atoms with E-state index in [1.54, 1.807) is 32.0 Å². The number of benzene rings is 1. The molecule has 0 radical (unpaired) electrons. The third-order valence-corrected chi connectivity index (χ3v) is 5.48. The normalized spacial score (nSPS) is 21.8. The van der Waals surface area contributed by atoms with Crippen LogP contribution in [0.4, 0.5) is 4.79 Å². The first kappa shape index (κ1) is 22.9. The molecule has 158 valence electrons. The molecule has 0 bridgehead atoms. The molecule has 0 saturated carbocycles. The molecule has 2 rings (SSSR count). The molecule has 0 aliphatic carbocycles. The summed E-state index contributed by atoms with van der Waals surface area (Å²) in [5.74, 6) is -1.63. The van der Waals surface area contributed by atoms with Gasteiger partial charge in [-0.3, -0.25) is 9.69 Å². The lowest BCUT2D eigenvalue weighted by atomic mass is 9.74. The lowest BCUT2D eigenvalue weighted by Crippen LogP contribution is -2.48. The fraction of sp³-hybridized carbons (Fsp3) is 0.500. The SMILES string of the molecule is C=CCOC(=O)N1[C@@H](c2cccc(Cl)c2C)C(=O)[C@H](C(C)(C)C)[C@H]1C(=O)OCC. The molecule has 6 nitrogen and oxygen atoms in total. The Kier molecular flexibility index (Phi) is 7.11. The Bertz CT molecular complexity index is 814. The van der Waals surface area contributed by atoms with Gasteiger partial charge in [0.2, 0.25) is 0 Å². The number of carbonyl (C=O) groups excluding carboxylic acids is 3. The fourth-order valence-electron chi connectivity index (χ4n) is 3.81. The molecule has 1 aromatic rings. The van der Waals surface area contributed by atoms with Crippen LogP contribution in [0.2, 0.25) is 5.02 Å². The molecule has 1 aromatic carbocycles. The maximum absolute atomic E-state index is 13.6. The molecule has 1 amide bonds. The Morgan fingerprint density at radius 1 is 1.28 bits per heavy atom. The number of likely N-dealkylation sites (tertiary alicyclic amines) is 1. The molecule has 0 aromatic heterocycles. The molecule has 29 heavy (non-hydrogen) atoms. The second-order valence-corrected chi connectivity index (χ2v) is 8.48. The summed E-state index contributed by atoms with van der Waals surface area (Å²) in [4.78, 5) is 40.7. The Balaban J connectivity index is 2.69. The third-order valence-electron chi connectivity index (χ3n) is 5.07. The number of ether oxygens (including phenoxy) is 2. The third kappa shape index (κ3) is 4.47. The van der Waals surface area contributed by atoms with E-state index in [1.165, 1.54) is 11.0 Å². The minimum absolute atomic E-state index is 0.0412. The molecule has 1 aliphatic rings. The maximum atomic E-state index is 13.6. The van der Waals surface area contributed by atoms with Crippen LogP contribution in [0.25, 0.3) is 0 Å². The summed E-state index contributed by atoms with van der Waals surface area (Å²) >= 11 is 6.27. The smallest absolute Gasteiger partial charge is 0.411 e. The van der Waals surface area contributed by atoms with Gasteiger partial charge in [0.15, 0.2) is 5.78 Å². The van der Waals surface area contributed by atoms with Crippen LogP contribution in [-0.2, 0) is 19.1 Å². The van der Waals surface area contributed by atoms with Gasteiger partial charge in [0, 0.05) is 5.02 Å². The van der Waals surface area contributed by atoms with E-state index in [-0.39, 0.29) is 19.0 Å². The molecule has 1 aliphatic heterocycles. The van der Waals surface area contributed by atoms with E-state index in [4.69, 9.17) is 21.1 Å². The van der Waals surface area contributed by atoms with Gasteiger partial charge in [-0.1, -0.05) is 57.2 Å². The molecule has 1 heterocycles. The van der Waals surface area contributed by atoms with E-state index in [1.807, 2.05) is 20.8 Å². The molecule has 0 N–H and O–H groups in total. The number of nitrogens with zero attached hydrogens (tertiary/aromatic N) is 1. The number of carbonyl (C=O) groups is 3. The van der Waals surface area contributed by atoms with Gasteiger partial charge < -0.3 is 9.47 Å². The van der Waals surface area contributed by atoms with E-state index in [0.29, 0.717) is 16.1 Å². The number of rotatable bonds is 5. The molecule has 0 unspecified atom stereocenters. The lowest BCUT2D eigenvalue weighted by Gasteiger charge is -2.32. The van der Waals surface area contributed by atoms with Crippen LogP contribution in [0.3, 0.4) is 0 Å². The molecule has 7 heteroatoms. The fourth-order valence-corrected chi connectivity index (χ4v) is 3.99. The molecule has 1 fully saturated rings. The first-order valence-electron chi connectivity index (χ1n) is 9.57. The second-order valence-electron chi connectivity index (χ2n) is 8.07. The topological polar surface area (TPSA) is 72.9 Å². The standard InChI is InChI=1S/C22H28ClNO5/c1-7-12-29-21(27)24-17(14-10-9-11-15(23)13(14)3)19(25)16(22(4,5)6)18(24)20(26)28-8-2/h7,9-11,16-18H,1,8,12H2,2-6H3/t16-,17+,18+/m1/s1. The van der Waals surface area contributed by atoms with Crippen molar-refractivity contribution in [3.05, 3.63) is 47.0 Å². The zero-order valence-electron chi connectivity index (χ0n) is 17.5. The first-order chi connectivity index (χ1) is 13.6. The minimum Gasteiger partial charge on any atom is -0.464 e. The van der Waals surface area contributed by atoms with Crippen molar-refractivity contribution >= 4 is 29.4 Å². The molecule has 1 saturated heterocycles. The van der Waals surface area contributed by atoms with Gasteiger partial charge in [-0.05, 0) is 36.5 Å². The monoisotopic (exact) mass is 421 g/mol. The van der Waals surface area contributed by atoms with Crippen molar-refractivity contribution in [2.45, 2.75) is 46.7 Å². The number of amides is 1. The van der Waals surface area contributed by atoms with Crippen LogP contribution in [0.5, 0.6) is 0 Å². The van der Waals surface area contributed by atoms with Crippen molar-refractivity contribution in [3.63, 3.8) is 0 Å². The molecular weight excluding hydrogens is 394 g/mol. The lowest BCUT2D eigenvalue weighted by molar-refractivity contribution is -0.151. The van der Waals surface area contributed by atoms with Gasteiger partial charge in [-0.2, -0.15) is 0 Å². The van der Waals surface area contributed by atoms with Crippen LogP contribution in [0, 0.1) is 18.3 Å². The van der Waals surface area contributed by atoms with Crippen molar-refractivity contribution in [2.75, 3.05) is 13.2 Å². The van der Waals surface area contributed by atoms with Crippen molar-refractivity contribution in [2.24, 2.45) is 11.3 Å². The predicted octanol–water partition coefficient (Wildman–Crippen LogP) is 4.49. The highest BCUT2D eigenvalue weighted by Crippen LogP contribution is 2.46. The number of halogens is 1. The predicted molar refractivity (Wildman–Crippen MR) is 111 cm³/mol. The summed E-state index contributed by atoms with van der Waals surface area (Å²) in [5.41, 5.74) is 0.650. The van der Waals surface area contributed by atoms with Gasteiger partial charge in [-0.25, -0.2) is 9.59 Å². The molecule has 0 spiro atoms. The van der Waals surface area contributed by atoms with E-state index >= 15 is 0 Å². The van der Waals surface area contributed by atoms with Crippen LogP contribution >= 0.6 is 11.6 Å². The number of hydrogen-bond acceptors (Lipinski definition) is 5. The van der Waals surface area contributed by atoms with Gasteiger partial charge >= 0.3 is 12.1 Å². The van der Waals surface area contributed by atoms with Crippen LogP contribution < -0.4 is 0 Å².